The van der Waals surface area contributed by atoms with Crippen LogP contribution in [0.4, 0.5) is 5.69 Å². The fraction of sp³-hybridized carbons (Fsp3) is 0. The molecule has 0 spiro atoms. The van der Waals surface area contributed by atoms with Crippen molar-refractivity contribution >= 4 is 11.5 Å². The van der Waals surface area contributed by atoms with E-state index in [-0.39, 0.29) is 23.0 Å². The molecule has 0 amide bonds. The van der Waals surface area contributed by atoms with Gasteiger partial charge in [0, 0.05) is 11.6 Å². The average Bonchev–Trinajstić information content (AvgIpc) is 2.62. The molecule has 0 fully saturated rings. The maximum absolute atomic E-state index is 12.7. The van der Waals surface area contributed by atoms with Crippen LogP contribution in [-0.4, -0.2) is 10.7 Å². The second-order valence-electron chi connectivity index (χ2n) is 5.02. The molecule has 3 aromatic carbocycles. The molecule has 0 atom stereocenters. The number of benzene rings is 3. The highest BCUT2D eigenvalue weighted by Crippen LogP contribution is 2.33. The Labute approximate surface area is 138 Å². The molecule has 0 saturated heterocycles. The third-order valence-corrected chi connectivity index (χ3v) is 3.45. The van der Waals surface area contributed by atoms with Crippen LogP contribution in [0.5, 0.6) is 11.5 Å². The largest absolute Gasteiger partial charge is 0.449 e. The van der Waals surface area contributed by atoms with Crippen LogP contribution >= 0.6 is 0 Å². The van der Waals surface area contributed by atoms with Crippen molar-refractivity contribution in [1.82, 2.24) is 0 Å². The summed E-state index contributed by atoms with van der Waals surface area (Å²) in [5, 5.41) is 11.1. The van der Waals surface area contributed by atoms with E-state index < -0.39 is 4.92 Å². The Hall–Kier alpha value is -3.47. The van der Waals surface area contributed by atoms with Crippen LogP contribution < -0.4 is 4.74 Å². The van der Waals surface area contributed by atoms with Crippen LogP contribution in [0.15, 0.2) is 78.9 Å². The molecule has 118 valence electrons. The molecule has 0 aliphatic carbocycles. The highest BCUT2D eigenvalue weighted by Gasteiger charge is 2.19. The maximum atomic E-state index is 12.7. The monoisotopic (exact) mass is 319 g/mol. The number of carbonyl (C=O) groups is 1. The minimum atomic E-state index is -0.517. The summed E-state index contributed by atoms with van der Waals surface area (Å²) in [5.41, 5.74) is 0.720. The lowest BCUT2D eigenvalue weighted by molar-refractivity contribution is -0.385. The lowest BCUT2D eigenvalue weighted by Crippen LogP contribution is -2.04. The number of ether oxygens (including phenoxy) is 1. The summed E-state index contributed by atoms with van der Waals surface area (Å²) in [4.78, 5) is 23.3. The van der Waals surface area contributed by atoms with E-state index in [4.69, 9.17) is 4.74 Å². The molecule has 5 nitrogen and oxygen atoms in total. The number of rotatable bonds is 5. The van der Waals surface area contributed by atoms with Crippen molar-refractivity contribution in [3.8, 4) is 11.5 Å². The second-order valence-corrected chi connectivity index (χ2v) is 5.02. The molecule has 3 rings (SSSR count). The summed E-state index contributed by atoms with van der Waals surface area (Å²) in [6.45, 7) is 0. The van der Waals surface area contributed by atoms with Gasteiger partial charge in [0.05, 0.1) is 10.5 Å². The first-order chi connectivity index (χ1) is 11.7. The standard InChI is InChI=1S/C19H13NO4/c21-19(14-8-2-1-3-9-14)15-10-4-6-12-17(15)24-18-13-7-5-11-16(18)20(22)23/h1-13H. The number of ketones is 1. The topological polar surface area (TPSA) is 69.4 Å². The van der Waals surface area contributed by atoms with E-state index in [1.54, 1.807) is 60.7 Å². The van der Waals surface area contributed by atoms with Crippen molar-refractivity contribution in [3.05, 3.63) is 100 Å². The molecule has 24 heavy (non-hydrogen) atoms. The number of nitro benzene ring substituents is 1. The van der Waals surface area contributed by atoms with E-state index in [1.807, 2.05) is 6.07 Å². The molecule has 0 aliphatic rings. The van der Waals surface area contributed by atoms with Gasteiger partial charge in [0.1, 0.15) is 5.75 Å². The van der Waals surface area contributed by atoms with Gasteiger partial charge in [0.15, 0.2) is 5.78 Å². The maximum Gasteiger partial charge on any atom is 0.311 e. The van der Waals surface area contributed by atoms with Crippen molar-refractivity contribution < 1.29 is 14.5 Å². The zero-order valence-corrected chi connectivity index (χ0v) is 12.6. The number of hydrogen-bond acceptors (Lipinski definition) is 4. The van der Waals surface area contributed by atoms with Gasteiger partial charge >= 0.3 is 5.69 Å². The van der Waals surface area contributed by atoms with Gasteiger partial charge in [-0.3, -0.25) is 14.9 Å². The molecule has 0 aliphatic heterocycles. The van der Waals surface area contributed by atoms with Crippen LogP contribution in [0.1, 0.15) is 15.9 Å². The van der Waals surface area contributed by atoms with Crippen LogP contribution in [-0.2, 0) is 0 Å². The quantitative estimate of drug-likeness (QED) is 0.391. The normalized spacial score (nSPS) is 10.2. The second kappa shape index (κ2) is 6.75. The molecule has 0 N–H and O–H groups in total. The first-order valence-corrected chi connectivity index (χ1v) is 7.27. The van der Waals surface area contributed by atoms with Gasteiger partial charge in [-0.15, -0.1) is 0 Å². The fourth-order valence-electron chi connectivity index (χ4n) is 2.30. The average molecular weight is 319 g/mol. The van der Waals surface area contributed by atoms with E-state index in [1.165, 1.54) is 12.1 Å². The zero-order chi connectivity index (χ0) is 16.9. The highest BCUT2D eigenvalue weighted by atomic mass is 16.6. The summed E-state index contributed by atoms with van der Waals surface area (Å²) in [6, 6.07) is 21.6. The third kappa shape index (κ3) is 3.15. The van der Waals surface area contributed by atoms with Crippen molar-refractivity contribution in [3.63, 3.8) is 0 Å². The number of carbonyl (C=O) groups excluding carboxylic acids is 1. The summed E-state index contributed by atoms with van der Waals surface area (Å²) in [5.74, 6) is 0.168. The molecule has 0 bridgehead atoms. The van der Waals surface area contributed by atoms with E-state index in [9.17, 15) is 14.9 Å². The Morgan fingerprint density at radius 1 is 0.792 bits per heavy atom. The molecular weight excluding hydrogens is 306 g/mol. The van der Waals surface area contributed by atoms with Crippen molar-refractivity contribution in [1.29, 1.82) is 0 Å². The molecule has 0 saturated carbocycles. The molecule has 5 heteroatoms. The third-order valence-electron chi connectivity index (χ3n) is 3.45. The minimum absolute atomic E-state index is 0.0933. The van der Waals surface area contributed by atoms with Gasteiger partial charge in [-0.05, 0) is 18.2 Å². The smallest absolute Gasteiger partial charge is 0.311 e. The van der Waals surface area contributed by atoms with Gasteiger partial charge in [0.2, 0.25) is 5.75 Å². The Morgan fingerprint density at radius 2 is 1.38 bits per heavy atom. The Bertz CT molecular complexity index is 891. The summed E-state index contributed by atoms with van der Waals surface area (Å²) in [6.07, 6.45) is 0. The first kappa shape index (κ1) is 15.4. The lowest BCUT2D eigenvalue weighted by Gasteiger charge is -2.10. The lowest BCUT2D eigenvalue weighted by atomic mass is 10.0. The van der Waals surface area contributed by atoms with Gasteiger partial charge in [-0.25, -0.2) is 0 Å². The molecule has 3 aromatic rings. The first-order valence-electron chi connectivity index (χ1n) is 7.27. The van der Waals surface area contributed by atoms with E-state index in [0.717, 1.165) is 0 Å². The molecule has 0 aromatic heterocycles. The van der Waals surface area contributed by atoms with E-state index in [2.05, 4.69) is 0 Å². The van der Waals surface area contributed by atoms with Gasteiger partial charge < -0.3 is 4.74 Å². The SMILES string of the molecule is O=C(c1ccccc1)c1ccccc1Oc1ccccc1[N+](=O)[O-]. The van der Waals surface area contributed by atoms with E-state index >= 15 is 0 Å². The zero-order valence-electron chi connectivity index (χ0n) is 12.6. The van der Waals surface area contributed by atoms with E-state index in [0.29, 0.717) is 11.1 Å². The summed E-state index contributed by atoms with van der Waals surface area (Å²) in [7, 11) is 0. The molecule has 0 unspecified atom stereocenters. The highest BCUT2D eigenvalue weighted by molar-refractivity contribution is 6.10. The van der Waals surface area contributed by atoms with Crippen LogP contribution in [0.25, 0.3) is 0 Å². The molecular formula is C19H13NO4. The molecule has 0 radical (unpaired) electrons. The Balaban J connectivity index is 1.99. The number of hydrogen-bond donors (Lipinski definition) is 0. The van der Waals surface area contributed by atoms with Crippen molar-refractivity contribution in [2.24, 2.45) is 0 Å². The Morgan fingerprint density at radius 3 is 2.08 bits per heavy atom. The van der Waals surface area contributed by atoms with Crippen LogP contribution in [0.3, 0.4) is 0 Å². The number of para-hydroxylation sites is 3. The summed E-state index contributed by atoms with van der Waals surface area (Å²) < 4.78 is 5.68. The summed E-state index contributed by atoms with van der Waals surface area (Å²) >= 11 is 0. The van der Waals surface area contributed by atoms with Crippen LogP contribution in [0, 0.1) is 10.1 Å². The predicted octanol–water partition coefficient (Wildman–Crippen LogP) is 4.62. The van der Waals surface area contributed by atoms with Gasteiger partial charge in [-0.2, -0.15) is 0 Å². The van der Waals surface area contributed by atoms with Crippen molar-refractivity contribution in [2.75, 3.05) is 0 Å². The van der Waals surface area contributed by atoms with Gasteiger partial charge in [-0.1, -0.05) is 54.6 Å². The predicted molar refractivity (Wildman–Crippen MR) is 89.5 cm³/mol. The van der Waals surface area contributed by atoms with Gasteiger partial charge in [0.25, 0.3) is 0 Å². The minimum Gasteiger partial charge on any atom is -0.449 e. The number of nitrogens with zero attached hydrogens (tertiary/aromatic N) is 1. The Kier molecular flexibility index (Phi) is 4.34. The van der Waals surface area contributed by atoms with Crippen LogP contribution in [0.2, 0.25) is 0 Å². The molecule has 0 heterocycles. The fourth-order valence-corrected chi connectivity index (χ4v) is 2.30. The van der Waals surface area contributed by atoms with Crippen molar-refractivity contribution in [2.45, 2.75) is 0 Å². The number of nitro groups is 1.